The monoisotopic (exact) mass is 342 g/mol. The summed E-state index contributed by atoms with van der Waals surface area (Å²) >= 11 is 0. The predicted molar refractivity (Wildman–Crippen MR) is 92.2 cm³/mol. The van der Waals surface area contributed by atoms with E-state index in [9.17, 15) is 9.59 Å². The number of H-pyrrole nitrogens is 1. The standard InChI is InChI=1S/C18H22N4O3/c1-12(25-14-5-3-2-4-6-14)18(24)22-9-7-13(8-10-22)15-11-16(17(19)23)21-20-15/h2-6,11-13H,7-10H2,1H3,(H2,19,23)(H,20,21)/t12-/m1/s1. The molecule has 0 spiro atoms. The summed E-state index contributed by atoms with van der Waals surface area (Å²) in [5.74, 6) is 0.386. The molecule has 3 rings (SSSR count). The predicted octanol–water partition coefficient (Wildman–Crippen LogP) is 1.68. The summed E-state index contributed by atoms with van der Waals surface area (Å²) in [6.45, 7) is 3.07. The number of likely N-dealkylation sites (tertiary alicyclic amines) is 1. The number of piperidine rings is 1. The van der Waals surface area contributed by atoms with Gasteiger partial charge in [-0.05, 0) is 38.0 Å². The molecule has 1 aromatic carbocycles. The van der Waals surface area contributed by atoms with Gasteiger partial charge in [0, 0.05) is 24.7 Å². The average Bonchev–Trinajstić information content (AvgIpc) is 3.12. The fourth-order valence-corrected chi connectivity index (χ4v) is 3.09. The molecule has 3 N–H and O–H groups in total. The minimum Gasteiger partial charge on any atom is -0.481 e. The van der Waals surface area contributed by atoms with Gasteiger partial charge in [0.15, 0.2) is 6.10 Å². The van der Waals surface area contributed by atoms with Crippen LogP contribution in [0.3, 0.4) is 0 Å². The van der Waals surface area contributed by atoms with E-state index in [1.165, 1.54) is 0 Å². The number of aromatic nitrogens is 2. The first-order valence-corrected chi connectivity index (χ1v) is 8.40. The molecular formula is C18H22N4O3. The molecule has 0 unspecified atom stereocenters. The number of hydrogen-bond acceptors (Lipinski definition) is 4. The van der Waals surface area contributed by atoms with Gasteiger partial charge in [0.05, 0.1) is 0 Å². The zero-order valence-electron chi connectivity index (χ0n) is 14.1. The highest BCUT2D eigenvalue weighted by Crippen LogP contribution is 2.27. The number of primary amides is 1. The molecule has 1 saturated heterocycles. The van der Waals surface area contributed by atoms with Gasteiger partial charge in [-0.15, -0.1) is 0 Å². The van der Waals surface area contributed by atoms with Crippen molar-refractivity contribution in [3.8, 4) is 5.75 Å². The van der Waals surface area contributed by atoms with Crippen LogP contribution in [0.5, 0.6) is 5.75 Å². The number of nitrogens with zero attached hydrogens (tertiary/aromatic N) is 2. The van der Waals surface area contributed by atoms with Crippen molar-refractivity contribution in [2.45, 2.75) is 31.8 Å². The highest BCUT2D eigenvalue weighted by molar-refractivity contribution is 5.90. The number of nitrogens with two attached hydrogens (primary N) is 1. The lowest BCUT2D eigenvalue weighted by atomic mass is 9.93. The van der Waals surface area contributed by atoms with Crippen LogP contribution in [0.1, 0.15) is 41.9 Å². The van der Waals surface area contributed by atoms with Gasteiger partial charge in [0.2, 0.25) is 0 Å². The number of carbonyl (C=O) groups is 2. The number of para-hydroxylation sites is 1. The summed E-state index contributed by atoms with van der Waals surface area (Å²) in [6, 6.07) is 11.0. The van der Waals surface area contributed by atoms with Crippen LogP contribution < -0.4 is 10.5 Å². The van der Waals surface area contributed by atoms with E-state index in [1.54, 1.807) is 13.0 Å². The molecule has 0 radical (unpaired) electrons. The second-order valence-electron chi connectivity index (χ2n) is 6.25. The maximum absolute atomic E-state index is 12.6. The Bertz CT molecular complexity index is 736. The van der Waals surface area contributed by atoms with E-state index in [0.717, 1.165) is 18.5 Å². The first kappa shape index (κ1) is 17.0. The van der Waals surface area contributed by atoms with E-state index >= 15 is 0 Å². The largest absolute Gasteiger partial charge is 0.481 e. The first-order chi connectivity index (χ1) is 12.0. The lowest BCUT2D eigenvalue weighted by molar-refractivity contribution is -0.139. The van der Waals surface area contributed by atoms with Crippen LogP contribution >= 0.6 is 0 Å². The Morgan fingerprint density at radius 1 is 1.28 bits per heavy atom. The van der Waals surface area contributed by atoms with Crippen molar-refractivity contribution in [3.05, 3.63) is 47.8 Å². The van der Waals surface area contributed by atoms with Gasteiger partial charge < -0.3 is 15.4 Å². The summed E-state index contributed by atoms with van der Waals surface area (Å²) in [5.41, 5.74) is 6.37. The third kappa shape index (κ3) is 3.99. The molecule has 25 heavy (non-hydrogen) atoms. The normalized spacial score (nSPS) is 16.4. The smallest absolute Gasteiger partial charge is 0.269 e. The van der Waals surface area contributed by atoms with Gasteiger partial charge in [-0.3, -0.25) is 14.7 Å². The van der Waals surface area contributed by atoms with Crippen LogP contribution in [0.4, 0.5) is 0 Å². The summed E-state index contributed by atoms with van der Waals surface area (Å²) in [5, 5.41) is 6.80. The molecule has 2 heterocycles. The second kappa shape index (κ2) is 7.38. The van der Waals surface area contributed by atoms with Gasteiger partial charge in [-0.1, -0.05) is 18.2 Å². The third-order valence-electron chi connectivity index (χ3n) is 4.50. The van der Waals surface area contributed by atoms with Gasteiger partial charge in [0.25, 0.3) is 11.8 Å². The molecule has 0 saturated carbocycles. The molecule has 1 fully saturated rings. The molecule has 7 nitrogen and oxygen atoms in total. The van der Waals surface area contributed by atoms with Gasteiger partial charge >= 0.3 is 0 Å². The Morgan fingerprint density at radius 3 is 2.56 bits per heavy atom. The topological polar surface area (TPSA) is 101 Å². The summed E-state index contributed by atoms with van der Waals surface area (Å²) in [4.78, 5) is 25.5. The fraction of sp³-hybridized carbons (Fsp3) is 0.389. The number of benzene rings is 1. The molecule has 1 atom stereocenters. The zero-order chi connectivity index (χ0) is 17.8. The fourth-order valence-electron chi connectivity index (χ4n) is 3.09. The molecule has 7 heteroatoms. The third-order valence-corrected chi connectivity index (χ3v) is 4.50. The second-order valence-corrected chi connectivity index (χ2v) is 6.25. The van der Waals surface area contributed by atoms with Crippen LogP contribution in [-0.4, -0.2) is 46.1 Å². The van der Waals surface area contributed by atoms with Crippen molar-refractivity contribution >= 4 is 11.8 Å². The molecule has 1 aliphatic heterocycles. The molecular weight excluding hydrogens is 320 g/mol. The number of rotatable bonds is 5. The van der Waals surface area contributed by atoms with E-state index in [-0.39, 0.29) is 17.5 Å². The number of ether oxygens (including phenoxy) is 1. The number of nitrogens with one attached hydrogen (secondary N) is 1. The SMILES string of the molecule is C[C@@H](Oc1ccccc1)C(=O)N1CCC(c2cc(C(N)=O)n[nH]2)CC1. The molecule has 2 amide bonds. The zero-order valence-corrected chi connectivity index (χ0v) is 14.1. The highest BCUT2D eigenvalue weighted by atomic mass is 16.5. The number of hydrogen-bond donors (Lipinski definition) is 2. The maximum Gasteiger partial charge on any atom is 0.269 e. The van der Waals surface area contributed by atoms with Gasteiger partial charge in [0.1, 0.15) is 11.4 Å². The Hall–Kier alpha value is -2.83. The van der Waals surface area contributed by atoms with Crippen molar-refractivity contribution in [3.63, 3.8) is 0 Å². The molecule has 1 aliphatic rings. The average molecular weight is 342 g/mol. The quantitative estimate of drug-likeness (QED) is 0.863. The lowest BCUT2D eigenvalue weighted by Gasteiger charge is -2.33. The Kier molecular flexibility index (Phi) is 5.02. The van der Waals surface area contributed by atoms with Crippen molar-refractivity contribution < 1.29 is 14.3 Å². The maximum atomic E-state index is 12.6. The Balaban J connectivity index is 1.54. The minimum atomic E-state index is -0.540. The van der Waals surface area contributed by atoms with Gasteiger partial charge in [-0.2, -0.15) is 5.10 Å². The van der Waals surface area contributed by atoms with E-state index in [2.05, 4.69) is 10.2 Å². The first-order valence-electron chi connectivity index (χ1n) is 8.40. The number of carbonyl (C=O) groups excluding carboxylic acids is 2. The van der Waals surface area contributed by atoms with E-state index in [1.807, 2.05) is 35.2 Å². The lowest BCUT2D eigenvalue weighted by Crippen LogP contribution is -2.44. The van der Waals surface area contributed by atoms with Crippen molar-refractivity contribution in [2.75, 3.05) is 13.1 Å². The van der Waals surface area contributed by atoms with Crippen molar-refractivity contribution in [1.29, 1.82) is 0 Å². The van der Waals surface area contributed by atoms with Gasteiger partial charge in [-0.25, -0.2) is 0 Å². The minimum absolute atomic E-state index is 0.00950. The molecule has 0 bridgehead atoms. The van der Waals surface area contributed by atoms with Crippen LogP contribution in [0.15, 0.2) is 36.4 Å². The Labute approximate surface area is 146 Å². The van der Waals surface area contributed by atoms with Crippen LogP contribution in [-0.2, 0) is 4.79 Å². The van der Waals surface area contributed by atoms with Crippen molar-refractivity contribution in [2.24, 2.45) is 5.73 Å². The molecule has 1 aromatic heterocycles. The summed E-state index contributed by atoms with van der Waals surface area (Å²) in [6.07, 6.45) is 1.10. The molecule has 0 aliphatic carbocycles. The number of amides is 2. The molecule has 2 aromatic rings. The summed E-state index contributed by atoms with van der Waals surface area (Å²) < 4.78 is 5.71. The van der Waals surface area contributed by atoms with Crippen LogP contribution in [0.25, 0.3) is 0 Å². The number of aromatic amines is 1. The van der Waals surface area contributed by atoms with E-state index in [0.29, 0.717) is 18.8 Å². The van der Waals surface area contributed by atoms with E-state index in [4.69, 9.17) is 10.5 Å². The van der Waals surface area contributed by atoms with Crippen LogP contribution in [0.2, 0.25) is 0 Å². The highest BCUT2D eigenvalue weighted by Gasteiger charge is 2.28. The van der Waals surface area contributed by atoms with Crippen molar-refractivity contribution in [1.82, 2.24) is 15.1 Å². The van der Waals surface area contributed by atoms with Crippen LogP contribution in [0, 0.1) is 0 Å². The molecule has 132 valence electrons. The Morgan fingerprint density at radius 2 is 1.96 bits per heavy atom. The summed E-state index contributed by atoms with van der Waals surface area (Å²) in [7, 11) is 0. The van der Waals surface area contributed by atoms with E-state index < -0.39 is 12.0 Å².